The average Bonchev–Trinajstić information content (AvgIpc) is 2.53. The first-order valence-electron chi connectivity index (χ1n) is 8.33. The van der Waals surface area contributed by atoms with E-state index in [-0.39, 0.29) is 0 Å². The Bertz CT molecular complexity index is 586. The molecule has 0 bridgehead atoms. The molecule has 1 N–H and O–H groups in total. The molecule has 0 amide bonds. The minimum absolute atomic E-state index is 0.667. The van der Waals surface area contributed by atoms with Gasteiger partial charge in [-0.1, -0.05) is 38.5 Å². The van der Waals surface area contributed by atoms with Crippen molar-refractivity contribution in [2.75, 3.05) is 13.1 Å². The minimum Gasteiger partial charge on any atom is -0.317 e. The zero-order valence-corrected chi connectivity index (χ0v) is 13.2. The third-order valence-corrected chi connectivity index (χ3v) is 5.03. The van der Waals surface area contributed by atoms with Crippen LogP contribution in [0.2, 0.25) is 0 Å². The van der Waals surface area contributed by atoms with Crippen LogP contribution in [0.5, 0.6) is 0 Å². The van der Waals surface area contributed by atoms with Gasteiger partial charge in [-0.15, -0.1) is 0 Å². The number of nitrogens with one attached hydrogen (secondary N) is 1. The molecule has 0 radical (unpaired) electrons. The van der Waals surface area contributed by atoms with Gasteiger partial charge in [-0.2, -0.15) is 0 Å². The molecule has 1 saturated carbocycles. The fraction of sp³-hybridized carbons (Fsp3) is 0.526. The van der Waals surface area contributed by atoms with Crippen molar-refractivity contribution in [2.45, 2.75) is 39.0 Å². The van der Waals surface area contributed by atoms with Crippen molar-refractivity contribution in [1.82, 2.24) is 10.3 Å². The number of rotatable bonds is 4. The fourth-order valence-corrected chi connectivity index (χ4v) is 3.86. The summed E-state index contributed by atoms with van der Waals surface area (Å²) in [5.74, 6) is 2.26. The SMILES string of the molecule is CCNCC1CCC(C)CC1c1cccc2ccncc12. The molecule has 1 aliphatic carbocycles. The molecular weight excluding hydrogens is 256 g/mol. The maximum atomic E-state index is 4.36. The standard InChI is InChI=1S/C19H26N2/c1-3-20-12-16-8-7-14(2)11-18(16)17-6-4-5-15-9-10-21-13-19(15)17/h4-6,9-10,13-14,16,18,20H,3,7-8,11-12H2,1-2H3. The summed E-state index contributed by atoms with van der Waals surface area (Å²) in [5.41, 5.74) is 1.51. The smallest absolute Gasteiger partial charge is 0.0349 e. The van der Waals surface area contributed by atoms with Crippen LogP contribution < -0.4 is 5.32 Å². The molecule has 21 heavy (non-hydrogen) atoms. The van der Waals surface area contributed by atoms with E-state index < -0.39 is 0 Å². The summed E-state index contributed by atoms with van der Waals surface area (Å²) in [4.78, 5) is 4.36. The van der Waals surface area contributed by atoms with E-state index in [1.54, 1.807) is 0 Å². The predicted octanol–water partition coefficient (Wildman–Crippen LogP) is 4.36. The van der Waals surface area contributed by atoms with Crippen LogP contribution in [0.15, 0.2) is 36.7 Å². The quantitative estimate of drug-likeness (QED) is 0.901. The third kappa shape index (κ3) is 3.11. The van der Waals surface area contributed by atoms with E-state index in [1.807, 2.05) is 12.4 Å². The Morgan fingerprint density at radius 3 is 3.00 bits per heavy atom. The molecule has 1 aromatic heterocycles. The van der Waals surface area contributed by atoms with Gasteiger partial charge in [-0.3, -0.25) is 4.98 Å². The number of hydrogen-bond acceptors (Lipinski definition) is 2. The molecule has 112 valence electrons. The van der Waals surface area contributed by atoms with Gasteiger partial charge in [0.05, 0.1) is 0 Å². The van der Waals surface area contributed by atoms with Gasteiger partial charge in [-0.25, -0.2) is 0 Å². The van der Waals surface area contributed by atoms with Crippen molar-refractivity contribution in [3.05, 3.63) is 42.2 Å². The molecule has 1 aliphatic rings. The van der Waals surface area contributed by atoms with Crippen LogP contribution in [0, 0.1) is 11.8 Å². The van der Waals surface area contributed by atoms with E-state index in [0.717, 1.165) is 24.9 Å². The average molecular weight is 282 g/mol. The second-order valence-corrected chi connectivity index (χ2v) is 6.54. The van der Waals surface area contributed by atoms with Crippen molar-refractivity contribution < 1.29 is 0 Å². The Balaban J connectivity index is 1.96. The zero-order chi connectivity index (χ0) is 14.7. The van der Waals surface area contributed by atoms with Crippen molar-refractivity contribution in [1.29, 1.82) is 0 Å². The summed E-state index contributed by atoms with van der Waals surface area (Å²) in [6.07, 6.45) is 7.97. The van der Waals surface area contributed by atoms with E-state index in [1.165, 1.54) is 35.6 Å². The number of nitrogens with zero attached hydrogens (tertiary/aromatic N) is 1. The zero-order valence-electron chi connectivity index (χ0n) is 13.2. The highest BCUT2D eigenvalue weighted by molar-refractivity contribution is 5.85. The van der Waals surface area contributed by atoms with Gasteiger partial charge in [0.15, 0.2) is 0 Å². The Morgan fingerprint density at radius 1 is 1.24 bits per heavy atom. The maximum Gasteiger partial charge on any atom is 0.0349 e. The number of benzene rings is 1. The first-order valence-corrected chi connectivity index (χ1v) is 8.33. The van der Waals surface area contributed by atoms with Crippen molar-refractivity contribution in [2.24, 2.45) is 11.8 Å². The lowest BCUT2D eigenvalue weighted by Crippen LogP contribution is -2.31. The van der Waals surface area contributed by atoms with Gasteiger partial charge >= 0.3 is 0 Å². The Kier molecular flexibility index (Phi) is 4.54. The van der Waals surface area contributed by atoms with Crippen LogP contribution in [-0.2, 0) is 0 Å². The summed E-state index contributed by atoms with van der Waals surface area (Å²) in [5, 5.41) is 6.23. The summed E-state index contributed by atoms with van der Waals surface area (Å²) in [6.45, 7) is 6.81. The fourth-order valence-electron chi connectivity index (χ4n) is 3.86. The number of pyridine rings is 1. The van der Waals surface area contributed by atoms with Crippen molar-refractivity contribution >= 4 is 10.8 Å². The Morgan fingerprint density at radius 2 is 2.14 bits per heavy atom. The molecule has 3 unspecified atom stereocenters. The maximum absolute atomic E-state index is 4.36. The van der Waals surface area contributed by atoms with Gasteiger partial charge in [0.25, 0.3) is 0 Å². The predicted molar refractivity (Wildman–Crippen MR) is 89.5 cm³/mol. The van der Waals surface area contributed by atoms with Crippen molar-refractivity contribution in [3.8, 4) is 0 Å². The van der Waals surface area contributed by atoms with Crippen LogP contribution >= 0.6 is 0 Å². The topological polar surface area (TPSA) is 24.9 Å². The van der Waals surface area contributed by atoms with E-state index in [2.05, 4.69) is 48.4 Å². The van der Waals surface area contributed by atoms with Gasteiger partial charge < -0.3 is 5.32 Å². The van der Waals surface area contributed by atoms with Crippen LogP contribution in [-0.4, -0.2) is 18.1 Å². The monoisotopic (exact) mass is 282 g/mol. The normalized spacial score (nSPS) is 26.1. The molecule has 1 aromatic carbocycles. The second-order valence-electron chi connectivity index (χ2n) is 6.54. The van der Waals surface area contributed by atoms with E-state index in [9.17, 15) is 0 Å². The summed E-state index contributed by atoms with van der Waals surface area (Å²) in [6, 6.07) is 8.86. The molecule has 3 atom stereocenters. The molecule has 1 heterocycles. The summed E-state index contributed by atoms with van der Waals surface area (Å²) < 4.78 is 0. The molecule has 2 heteroatoms. The lowest BCUT2D eigenvalue weighted by molar-refractivity contribution is 0.244. The highest BCUT2D eigenvalue weighted by atomic mass is 14.8. The first-order chi connectivity index (χ1) is 10.3. The number of hydrogen-bond donors (Lipinski definition) is 1. The molecule has 0 aliphatic heterocycles. The molecule has 0 saturated heterocycles. The first kappa shape index (κ1) is 14.5. The summed E-state index contributed by atoms with van der Waals surface area (Å²) in [7, 11) is 0. The van der Waals surface area contributed by atoms with Gasteiger partial charge in [-0.05, 0) is 60.7 Å². The van der Waals surface area contributed by atoms with E-state index in [0.29, 0.717) is 5.92 Å². The number of aromatic nitrogens is 1. The molecule has 1 fully saturated rings. The molecule has 3 rings (SSSR count). The third-order valence-electron chi connectivity index (χ3n) is 5.03. The van der Waals surface area contributed by atoms with E-state index in [4.69, 9.17) is 0 Å². The highest BCUT2D eigenvalue weighted by Crippen LogP contribution is 2.42. The molecule has 0 spiro atoms. The molecule has 2 aromatic rings. The van der Waals surface area contributed by atoms with Gasteiger partial charge in [0.2, 0.25) is 0 Å². The van der Waals surface area contributed by atoms with Crippen LogP contribution in [0.3, 0.4) is 0 Å². The summed E-state index contributed by atoms with van der Waals surface area (Å²) >= 11 is 0. The molecule has 2 nitrogen and oxygen atoms in total. The lowest BCUT2D eigenvalue weighted by atomic mass is 9.71. The second kappa shape index (κ2) is 6.57. The van der Waals surface area contributed by atoms with Crippen LogP contribution in [0.4, 0.5) is 0 Å². The van der Waals surface area contributed by atoms with Crippen LogP contribution in [0.25, 0.3) is 10.8 Å². The highest BCUT2D eigenvalue weighted by Gasteiger charge is 2.30. The van der Waals surface area contributed by atoms with E-state index >= 15 is 0 Å². The Hall–Kier alpha value is -1.41. The minimum atomic E-state index is 0.667. The van der Waals surface area contributed by atoms with Crippen molar-refractivity contribution in [3.63, 3.8) is 0 Å². The number of fused-ring (bicyclic) bond motifs is 1. The molecular formula is C19H26N2. The lowest BCUT2D eigenvalue weighted by Gasteiger charge is -2.36. The van der Waals surface area contributed by atoms with Gasteiger partial charge in [0.1, 0.15) is 0 Å². The largest absolute Gasteiger partial charge is 0.317 e. The van der Waals surface area contributed by atoms with Crippen LogP contribution in [0.1, 0.15) is 44.6 Å². The van der Waals surface area contributed by atoms with Gasteiger partial charge in [0, 0.05) is 17.8 Å². The Labute approximate surface area is 128 Å².